The Morgan fingerprint density at radius 3 is 2.27 bits per heavy atom. The number of amides is 1. The average Bonchev–Trinajstić information content (AvgIpc) is 2.92. The second-order valence-corrected chi connectivity index (χ2v) is 6.19. The van der Waals surface area contributed by atoms with Crippen LogP contribution in [0.4, 0.5) is 0 Å². The Morgan fingerprint density at radius 1 is 1.09 bits per heavy atom. The molecule has 0 spiro atoms. The highest BCUT2D eigenvalue weighted by Crippen LogP contribution is 2.29. The van der Waals surface area contributed by atoms with Crippen molar-refractivity contribution in [3.05, 3.63) is 46.3 Å². The minimum absolute atomic E-state index is 0.0716. The van der Waals surface area contributed by atoms with Crippen LogP contribution in [0.1, 0.15) is 51.6 Å². The number of nitrogens with zero attached hydrogens (tertiary/aromatic N) is 3. The van der Waals surface area contributed by atoms with Gasteiger partial charge in [-0.15, -0.1) is 0 Å². The van der Waals surface area contributed by atoms with Gasteiger partial charge in [0.2, 0.25) is 0 Å². The molecule has 0 N–H and O–H groups in total. The highest BCUT2D eigenvalue weighted by atomic mass is 16.6. The fourth-order valence-electron chi connectivity index (χ4n) is 3.24. The second kappa shape index (κ2) is 5.91. The van der Waals surface area contributed by atoms with Crippen molar-refractivity contribution < 1.29 is 9.42 Å². The lowest BCUT2D eigenvalue weighted by molar-refractivity contribution is 0.0701. The van der Waals surface area contributed by atoms with Crippen molar-refractivity contribution in [1.82, 2.24) is 15.2 Å². The van der Waals surface area contributed by atoms with Crippen LogP contribution < -0.4 is 0 Å². The average molecular weight is 299 g/mol. The summed E-state index contributed by atoms with van der Waals surface area (Å²) in [5, 5.41) is 7.39. The summed E-state index contributed by atoms with van der Waals surface area (Å²) in [6, 6.07) is 6.73. The van der Waals surface area contributed by atoms with Gasteiger partial charge in [-0.25, -0.2) is 4.63 Å². The fraction of sp³-hybridized carbons (Fsp3) is 0.471. The summed E-state index contributed by atoms with van der Waals surface area (Å²) in [4.78, 5) is 14.2. The van der Waals surface area contributed by atoms with E-state index < -0.39 is 0 Å². The van der Waals surface area contributed by atoms with E-state index in [1.807, 2.05) is 4.90 Å². The maximum Gasteiger partial charge on any atom is 0.278 e. The quantitative estimate of drug-likeness (QED) is 0.855. The molecule has 1 aliphatic rings. The van der Waals surface area contributed by atoms with Crippen molar-refractivity contribution >= 4 is 5.91 Å². The van der Waals surface area contributed by atoms with Crippen molar-refractivity contribution in [3.8, 4) is 0 Å². The Labute approximate surface area is 130 Å². The van der Waals surface area contributed by atoms with E-state index in [9.17, 15) is 4.79 Å². The summed E-state index contributed by atoms with van der Waals surface area (Å²) in [7, 11) is 0. The zero-order chi connectivity index (χ0) is 15.7. The molecule has 2 heterocycles. The van der Waals surface area contributed by atoms with Crippen LogP contribution in [0.3, 0.4) is 0 Å². The van der Waals surface area contributed by atoms with E-state index in [0.717, 1.165) is 25.9 Å². The van der Waals surface area contributed by atoms with Crippen LogP contribution in [0, 0.1) is 20.8 Å². The smallest absolute Gasteiger partial charge is 0.278 e. The van der Waals surface area contributed by atoms with Crippen LogP contribution >= 0.6 is 0 Å². The van der Waals surface area contributed by atoms with Crippen molar-refractivity contribution in [2.75, 3.05) is 13.1 Å². The van der Waals surface area contributed by atoms with Gasteiger partial charge in [-0.2, -0.15) is 0 Å². The van der Waals surface area contributed by atoms with Gasteiger partial charge in [-0.3, -0.25) is 4.79 Å². The van der Waals surface area contributed by atoms with Gasteiger partial charge in [0.25, 0.3) is 5.91 Å². The molecule has 3 rings (SSSR count). The van der Waals surface area contributed by atoms with Crippen molar-refractivity contribution in [1.29, 1.82) is 0 Å². The van der Waals surface area contributed by atoms with Gasteiger partial charge in [0.15, 0.2) is 5.69 Å². The fourth-order valence-corrected chi connectivity index (χ4v) is 3.24. The number of aryl methyl sites for hydroxylation is 3. The molecule has 1 saturated heterocycles. The zero-order valence-corrected chi connectivity index (χ0v) is 13.3. The monoisotopic (exact) mass is 299 g/mol. The number of piperidine rings is 1. The molecular formula is C17H21N3O2. The van der Waals surface area contributed by atoms with Crippen LogP contribution in [0.25, 0.3) is 0 Å². The first-order valence-electron chi connectivity index (χ1n) is 7.71. The van der Waals surface area contributed by atoms with Gasteiger partial charge in [0.05, 0.1) is 0 Å². The molecule has 5 nitrogen and oxygen atoms in total. The molecule has 2 aromatic rings. The molecular weight excluding hydrogens is 278 g/mol. The lowest BCUT2D eigenvalue weighted by atomic mass is 9.87. The second-order valence-electron chi connectivity index (χ2n) is 6.19. The van der Waals surface area contributed by atoms with Gasteiger partial charge >= 0.3 is 0 Å². The van der Waals surface area contributed by atoms with Gasteiger partial charge in [-0.1, -0.05) is 34.5 Å². The lowest BCUT2D eigenvalue weighted by Gasteiger charge is -2.32. The van der Waals surface area contributed by atoms with Crippen molar-refractivity contribution in [2.24, 2.45) is 0 Å². The standard InChI is InChI=1S/C17H21N3O2/c1-11-8-12(2)10-15(9-11)14-4-6-20(7-5-14)17(21)16-13(3)18-22-19-16/h8-10,14H,4-7H2,1-3H3. The Hall–Kier alpha value is -2.17. The van der Waals surface area contributed by atoms with E-state index in [4.69, 9.17) is 0 Å². The highest BCUT2D eigenvalue weighted by molar-refractivity contribution is 5.93. The SMILES string of the molecule is Cc1cc(C)cc(C2CCN(C(=O)c3nonc3C)CC2)c1. The Kier molecular flexibility index (Phi) is 3.96. The first-order valence-corrected chi connectivity index (χ1v) is 7.71. The highest BCUT2D eigenvalue weighted by Gasteiger charge is 2.27. The topological polar surface area (TPSA) is 59.2 Å². The molecule has 116 valence electrons. The molecule has 0 radical (unpaired) electrons. The minimum atomic E-state index is -0.0716. The number of hydrogen-bond acceptors (Lipinski definition) is 4. The van der Waals surface area contributed by atoms with Gasteiger partial charge < -0.3 is 4.90 Å². The van der Waals surface area contributed by atoms with Crippen molar-refractivity contribution in [2.45, 2.75) is 39.5 Å². The number of carbonyl (C=O) groups excluding carboxylic acids is 1. The lowest BCUT2D eigenvalue weighted by Crippen LogP contribution is -2.38. The number of aromatic nitrogens is 2. The zero-order valence-electron chi connectivity index (χ0n) is 13.3. The third-order valence-electron chi connectivity index (χ3n) is 4.35. The predicted molar refractivity (Wildman–Crippen MR) is 82.8 cm³/mol. The van der Waals surface area contributed by atoms with Crippen LogP contribution in [0.2, 0.25) is 0 Å². The predicted octanol–water partition coefficient (Wildman–Crippen LogP) is 3.01. The number of rotatable bonds is 2. The van der Waals surface area contributed by atoms with E-state index in [0.29, 0.717) is 17.3 Å². The van der Waals surface area contributed by atoms with E-state index >= 15 is 0 Å². The summed E-state index contributed by atoms with van der Waals surface area (Å²) in [5.74, 6) is 0.455. The molecule has 1 aliphatic heterocycles. The molecule has 0 unspecified atom stereocenters. The first kappa shape index (κ1) is 14.8. The largest absolute Gasteiger partial charge is 0.337 e. The van der Waals surface area contributed by atoms with E-state index in [2.05, 4.69) is 47.0 Å². The summed E-state index contributed by atoms with van der Waals surface area (Å²) in [6.45, 7) is 7.52. The van der Waals surface area contributed by atoms with Gasteiger partial charge in [0, 0.05) is 13.1 Å². The Balaban J connectivity index is 1.67. The van der Waals surface area contributed by atoms with Crippen LogP contribution in [-0.4, -0.2) is 34.2 Å². The molecule has 1 aromatic heterocycles. The molecule has 0 atom stereocenters. The maximum atomic E-state index is 12.4. The van der Waals surface area contributed by atoms with E-state index in [1.54, 1.807) is 6.92 Å². The van der Waals surface area contributed by atoms with E-state index in [1.165, 1.54) is 16.7 Å². The Morgan fingerprint density at radius 2 is 1.73 bits per heavy atom. The van der Waals surface area contributed by atoms with E-state index in [-0.39, 0.29) is 5.91 Å². The van der Waals surface area contributed by atoms with Crippen LogP contribution in [0.5, 0.6) is 0 Å². The number of hydrogen-bond donors (Lipinski definition) is 0. The molecule has 0 bridgehead atoms. The van der Waals surface area contributed by atoms with Crippen LogP contribution in [-0.2, 0) is 0 Å². The number of likely N-dealkylation sites (tertiary alicyclic amines) is 1. The normalized spacial score (nSPS) is 16.0. The summed E-state index contributed by atoms with van der Waals surface area (Å²) in [5.41, 5.74) is 4.89. The molecule has 1 amide bonds. The van der Waals surface area contributed by atoms with Crippen LogP contribution in [0.15, 0.2) is 22.8 Å². The third kappa shape index (κ3) is 2.89. The van der Waals surface area contributed by atoms with Crippen molar-refractivity contribution in [3.63, 3.8) is 0 Å². The number of carbonyl (C=O) groups is 1. The molecule has 1 fully saturated rings. The third-order valence-corrected chi connectivity index (χ3v) is 4.35. The molecule has 0 saturated carbocycles. The molecule has 22 heavy (non-hydrogen) atoms. The first-order chi connectivity index (χ1) is 10.5. The molecule has 5 heteroatoms. The maximum absolute atomic E-state index is 12.4. The van der Waals surface area contributed by atoms with Gasteiger partial charge in [-0.05, 0) is 50.3 Å². The Bertz CT molecular complexity index is 665. The molecule has 1 aromatic carbocycles. The minimum Gasteiger partial charge on any atom is -0.337 e. The van der Waals surface area contributed by atoms with Gasteiger partial charge in [0.1, 0.15) is 5.69 Å². The summed E-state index contributed by atoms with van der Waals surface area (Å²) >= 11 is 0. The molecule has 0 aliphatic carbocycles. The summed E-state index contributed by atoms with van der Waals surface area (Å²) < 4.78 is 4.63. The number of benzene rings is 1. The summed E-state index contributed by atoms with van der Waals surface area (Å²) in [6.07, 6.45) is 1.97.